The number of benzene rings is 2. The Hall–Kier alpha value is -2.47. The van der Waals surface area contributed by atoms with Gasteiger partial charge in [0.2, 0.25) is 5.91 Å². The highest BCUT2D eigenvalue weighted by Crippen LogP contribution is 2.27. The number of rotatable bonds is 5. The van der Waals surface area contributed by atoms with Gasteiger partial charge in [0.1, 0.15) is 5.82 Å². The van der Waals surface area contributed by atoms with Gasteiger partial charge in [-0.25, -0.2) is 8.78 Å². The van der Waals surface area contributed by atoms with Crippen LogP contribution in [-0.4, -0.2) is 17.1 Å². The average Bonchev–Trinajstić information content (AvgIpc) is 2.50. The number of hydrogen-bond acceptors (Lipinski definition) is 3. The van der Waals surface area contributed by atoms with E-state index in [0.717, 1.165) is 11.6 Å². The third-order valence-electron chi connectivity index (χ3n) is 3.21. The number of phenolic OH excluding ortho intramolecular Hbond substituents is 1. The summed E-state index contributed by atoms with van der Waals surface area (Å²) in [4.78, 5) is 11.9. The molecule has 0 saturated carbocycles. The number of nitrogens with one attached hydrogen (secondary N) is 1. The first-order valence-electron chi connectivity index (χ1n) is 6.75. The van der Waals surface area contributed by atoms with Crippen LogP contribution in [0.25, 0.3) is 0 Å². The minimum Gasteiger partial charge on any atom is -0.503 e. The van der Waals surface area contributed by atoms with Gasteiger partial charge in [-0.2, -0.15) is 0 Å². The van der Waals surface area contributed by atoms with Crippen LogP contribution in [0.2, 0.25) is 0 Å². The van der Waals surface area contributed by atoms with Gasteiger partial charge in [0, 0.05) is 12.1 Å². The van der Waals surface area contributed by atoms with E-state index in [4.69, 9.17) is 5.73 Å². The van der Waals surface area contributed by atoms with E-state index in [1.807, 2.05) is 30.3 Å². The van der Waals surface area contributed by atoms with Crippen molar-refractivity contribution in [1.82, 2.24) is 0 Å². The standard InChI is InChI=1S/C16H16F2N2O2/c17-11-8-12(18)15(21)14(9-11)20-16(22)13(19)7-6-10-4-2-1-3-5-10/h1-5,8-9,13,21H,6-7,19H2,(H,20,22)/t13-/m1/s1. The zero-order chi connectivity index (χ0) is 16.1. The second kappa shape index (κ2) is 7.00. The number of phenols is 1. The van der Waals surface area contributed by atoms with Crippen molar-refractivity contribution >= 4 is 11.6 Å². The fraction of sp³-hybridized carbons (Fsp3) is 0.188. The van der Waals surface area contributed by atoms with Crippen LogP contribution in [0.5, 0.6) is 5.75 Å². The van der Waals surface area contributed by atoms with Crippen molar-refractivity contribution in [2.75, 3.05) is 5.32 Å². The Balaban J connectivity index is 1.97. The maximum absolute atomic E-state index is 13.2. The van der Waals surface area contributed by atoms with Crippen LogP contribution in [0.4, 0.5) is 14.5 Å². The molecule has 4 N–H and O–H groups in total. The molecule has 0 saturated heterocycles. The van der Waals surface area contributed by atoms with Crippen molar-refractivity contribution < 1.29 is 18.7 Å². The average molecular weight is 306 g/mol. The van der Waals surface area contributed by atoms with Gasteiger partial charge in [0.05, 0.1) is 11.7 Å². The first-order valence-corrected chi connectivity index (χ1v) is 6.75. The summed E-state index contributed by atoms with van der Waals surface area (Å²) in [5.74, 6) is -3.47. The van der Waals surface area contributed by atoms with Crippen LogP contribution in [0.3, 0.4) is 0 Å². The first-order chi connectivity index (χ1) is 10.5. The lowest BCUT2D eigenvalue weighted by atomic mass is 10.1. The van der Waals surface area contributed by atoms with Crippen molar-refractivity contribution in [1.29, 1.82) is 0 Å². The topological polar surface area (TPSA) is 75.4 Å². The molecule has 22 heavy (non-hydrogen) atoms. The normalized spacial score (nSPS) is 12.0. The van der Waals surface area contributed by atoms with E-state index >= 15 is 0 Å². The van der Waals surface area contributed by atoms with Gasteiger partial charge in [-0.15, -0.1) is 0 Å². The molecule has 2 rings (SSSR count). The van der Waals surface area contributed by atoms with E-state index in [2.05, 4.69) is 5.32 Å². The minimum absolute atomic E-state index is 0.335. The van der Waals surface area contributed by atoms with Crippen LogP contribution in [0, 0.1) is 11.6 Å². The highest BCUT2D eigenvalue weighted by atomic mass is 19.1. The Bertz CT molecular complexity index is 663. The molecule has 2 aromatic carbocycles. The number of nitrogens with two attached hydrogens (primary N) is 1. The molecule has 0 aromatic heterocycles. The van der Waals surface area contributed by atoms with Gasteiger partial charge < -0.3 is 16.2 Å². The van der Waals surface area contributed by atoms with E-state index < -0.39 is 29.3 Å². The summed E-state index contributed by atoms with van der Waals surface area (Å²) in [6.07, 6.45) is 0.966. The Kier molecular flexibility index (Phi) is 5.06. The molecule has 0 heterocycles. The molecule has 0 fully saturated rings. The molecule has 116 valence electrons. The van der Waals surface area contributed by atoms with Gasteiger partial charge >= 0.3 is 0 Å². The molecule has 1 amide bonds. The van der Waals surface area contributed by atoms with Crippen LogP contribution >= 0.6 is 0 Å². The van der Waals surface area contributed by atoms with E-state index in [0.29, 0.717) is 18.9 Å². The molecule has 2 aromatic rings. The highest BCUT2D eigenvalue weighted by molar-refractivity contribution is 5.95. The number of carbonyl (C=O) groups excluding carboxylic acids is 1. The van der Waals surface area contributed by atoms with Gasteiger partial charge in [-0.05, 0) is 18.4 Å². The van der Waals surface area contributed by atoms with E-state index in [1.54, 1.807) is 0 Å². The smallest absolute Gasteiger partial charge is 0.241 e. The van der Waals surface area contributed by atoms with Crippen molar-refractivity contribution in [2.45, 2.75) is 18.9 Å². The third-order valence-corrected chi connectivity index (χ3v) is 3.21. The Morgan fingerprint density at radius 2 is 1.91 bits per heavy atom. The Morgan fingerprint density at radius 1 is 1.23 bits per heavy atom. The fourth-order valence-corrected chi connectivity index (χ4v) is 1.98. The number of carbonyl (C=O) groups is 1. The largest absolute Gasteiger partial charge is 0.503 e. The second-order valence-electron chi connectivity index (χ2n) is 4.90. The number of anilines is 1. The van der Waals surface area contributed by atoms with Crippen molar-refractivity contribution in [3.05, 3.63) is 59.7 Å². The Morgan fingerprint density at radius 3 is 2.59 bits per heavy atom. The summed E-state index contributed by atoms with van der Waals surface area (Å²) in [5.41, 5.74) is 6.46. The molecule has 0 aliphatic carbocycles. The zero-order valence-electron chi connectivity index (χ0n) is 11.7. The summed E-state index contributed by atoms with van der Waals surface area (Å²) < 4.78 is 26.3. The van der Waals surface area contributed by atoms with Crippen molar-refractivity contribution in [2.24, 2.45) is 5.73 Å². The summed E-state index contributed by atoms with van der Waals surface area (Å²) in [6.45, 7) is 0. The van der Waals surface area contributed by atoms with Gasteiger partial charge in [-0.3, -0.25) is 4.79 Å². The number of hydrogen-bond donors (Lipinski definition) is 3. The van der Waals surface area contributed by atoms with Crippen molar-refractivity contribution in [3.63, 3.8) is 0 Å². The first kappa shape index (κ1) is 15.9. The molecule has 0 aliphatic rings. The number of halogens is 2. The summed E-state index contributed by atoms with van der Waals surface area (Å²) in [7, 11) is 0. The van der Waals surface area contributed by atoms with E-state index in [9.17, 15) is 18.7 Å². The van der Waals surface area contributed by atoms with Crippen LogP contribution in [0.1, 0.15) is 12.0 Å². The van der Waals surface area contributed by atoms with Crippen molar-refractivity contribution in [3.8, 4) is 5.75 Å². The number of amides is 1. The predicted molar refractivity (Wildman–Crippen MR) is 79.4 cm³/mol. The summed E-state index contributed by atoms with van der Waals surface area (Å²) >= 11 is 0. The maximum Gasteiger partial charge on any atom is 0.241 e. The summed E-state index contributed by atoms with van der Waals surface area (Å²) in [6, 6.07) is 9.99. The van der Waals surface area contributed by atoms with Crippen LogP contribution < -0.4 is 11.1 Å². The number of aromatic hydroxyl groups is 1. The monoisotopic (exact) mass is 306 g/mol. The zero-order valence-corrected chi connectivity index (χ0v) is 11.7. The minimum atomic E-state index is -1.15. The molecule has 0 bridgehead atoms. The molecule has 4 nitrogen and oxygen atoms in total. The van der Waals surface area contributed by atoms with Gasteiger partial charge in [0.15, 0.2) is 11.6 Å². The second-order valence-corrected chi connectivity index (χ2v) is 4.90. The van der Waals surface area contributed by atoms with Gasteiger partial charge in [-0.1, -0.05) is 30.3 Å². The van der Waals surface area contributed by atoms with E-state index in [1.165, 1.54) is 0 Å². The van der Waals surface area contributed by atoms with Crippen LogP contribution in [-0.2, 0) is 11.2 Å². The molecule has 0 radical (unpaired) electrons. The molecule has 0 aliphatic heterocycles. The predicted octanol–water partition coefficient (Wildman–Crippen LogP) is 2.57. The fourth-order valence-electron chi connectivity index (χ4n) is 1.98. The molecule has 6 heteroatoms. The lowest BCUT2D eigenvalue weighted by molar-refractivity contribution is -0.117. The molecular weight excluding hydrogens is 290 g/mol. The molecule has 0 spiro atoms. The lowest BCUT2D eigenvalue weighted by Crippen LogP contribution is -2.36. The lowest BCUT2D eigenvalue weighted by Gasteiger charge is -2.13. The maximum atomic E-state index is 13.2. The Labute approximate surface area is 126 Å². The van der Waals surface area contributed by atoms with E-state index in [-0.39, 0.29) is 5.69 Å². The quantitative estimate of drug-likeness (QED) is 0.743. The number of aryl methyl sites for hydroxylation is 1. The summed E-state index contributed by atoms with van der Waals surface area (Å²) in [5, 5.41) is 11.7. The molecular formula is C16H16F2N2O2. The van der Waals surface area contributed by atoms with Crippen LogP contribution in [0.15, 0.2) is 42.5 Å². The molecule has 1 atom stereocenters. The molecule has 0 unspecified atom stereocenters. The van der Waals surface area contributed by atoms with Gasteiger partial charge in [0.25, 0.3) is 0 Å². The highest BCUT2D eigenvalue weighted by Gasteiger charge is 2.17. The SMILES string of the molecule is N[C@H](CCc1ccccc1)C(=O)Nc1cc(F)cc(F)c1O. The third kappa shape index (κ3) is 4.02.